The van der Waals surface area contributed by atoms with Gasteiger partial charge in [-0.3, -0.25) is 9.69 Å². The molecule has 7 nitrogen and oxygen atoms in total. The summed E-state index contributed by atoms with van der Waals surface area (Å²) in [5.41, 5.74) is -0.711. The molecular weight excluding hydrogens is 443 g/mol. The van der Waals surface area contributed by atoms with Gasteiger partial charge in [0.25, 0.3) is 5.76 Å². The lowest BCUT2D eigenvalue weighted by molar-refractivity contribution is -0.154. The summed E-state index contributed by atoms with van der Waals surface area (Å²) in [7, 11) is 3.00. The van der Waals surface area contributed by atoms with Crippen molar-refractivity contribution in [3.05, 3.63) is 57.9 Å². The molecule has 0 fully saturated rings. The Morgan fingerprint density at radius 3 is 2.64 bits per heavy atom. The van der Waals surface area contributed by atoms with E-state index in [1.165, 1.54) is 31.4 Å². The molecule has 0 unspecified atom stereocenters. The minimum absolute atomic E-state index is 0.0112. The number of nitrogens with zero attached hydrogens (tertiary/aromatic N) is 1. The smallest absolute Gasteiger partial charge is 0.453 e. The maximum Gasteiger partial charge on any atom is 0.453 e. The molecule has 33 heavy (non-hydrogen) atoms. The molecule has 1 aliphatic heterocycles. The fourth-order valence-electron chi connectivity index (χ4n) is 3.63. The van der Waals surface area contributed by atoms with Crippen molar-refractivity contribution in [3.8, 4) is 23.0 Å². The molecule has 0 aliphatic carbocycles. The van der Waals surface area contributed by atoms with E-state index in [4.69, 9.17) is 23.4 Å². The first kappa shape index (κ1) is 22.9. The summed E-state index contributed by atoms with van der Waals surface area (Å²) in [6.45, 7) is 1.69. The van der Waals surface area contributed by atoms with E-state index >= 15 is 0 Å². The van der Waals surface area contributed by atoms with Gasteiger partial charge in [0.1, 0.15) is 29.6 Å². The van der Waals surface area contributed by atoms with Gasteiger partial charge in [-0.05, 0) is 30.7 Å². The van der Waals surface area contributed by atoms with E-state index in [9.17, 15) is 18.0 Å². The van der Waals surface area contributed by atoms with Gasteiger partial charge in [-0.2, -0.15) is 13.2 Å². The van der Waals surface area contributed by atoms with Gasteiger partial charge in [-0.25, -0.2) is 0 Å². The van der Waals surface area contributed by atoms with Crippen molar-refractivity contribution in [1.29, 1.82) is 0 Å². The molecule has 10 heteroatoms. The molecule has 0 bridgehead atoms. The Kier molecular flexibility index (Phi) is 6.48. The third kappa shape index (κ3) is 4.76. The van der Waals surface area contributed by atoms with Crippen LogP contribution >= 0.6 is 0 Å². The zero-order valence-electron chi connectivity index (χ0n) is 18.0. The Bertz CT molecular complexity index is 1210. The molecule has 1 aliphatic rings. The van der Waals surface area contributed by atoms with Gasteiger partial charge in [0.05, 0.1) is 18.1 Å². The van der Waals surface area contributed by atoms with Gasteiger partial charge in [0.15, 0.2) is 0 Å². The highest BCUT2D eigenvalue weighted by Crippen LogP contribution is 2.41. The molecular formula is C23H22F3NO6. The second-order valence-corrected chi connectivity index (χ2v) is 7.46. The van der Waals surface area contributed by atoms with Gasteiger partial charge in [0, 0.05) is 32.9 Å². The second-order valence-electron chi connectivity index (χ2n) is 7.46. The van der Waals surface area contributed by atoms with Crippen molar-refractivity contribution in [3.63, 3.8) is 0 Å². The summed E-state index contributed by atoms with van der Waals surface area (Å²) in [4.78, 5) is 15.0. The van der Waals surface area contributed by atoms with E-state index < -0.39 is 23.1 Å². The maximum absolute atomic E-state index is 13.9. The number of alkyl halides is 3. The first-order valence-corrected chi connectivity index (χ1v) is 10.2. The fourth-order valence-corrected chi connectivity index (χ4v) is 3.63. The Hall–Kier alpha value is -3.24. The molecule has 0 radical (unpaired) electrons. The van der Waals surface area contributed by atoms with E-state index in [-0.39, 0.29) is 30.0 Å². The van der Waals surface area contributed by atoms with E-state index in [0.717, 1.165) is 6.42 Å². The van der Waals surface area contributed by atoms with Gasteiger partial charge in [-0.1, -0.05) is 6.07 Å². The van der Waals surface area contributed by atoms with E-state index in [1.807, 2.05) is 4.90 Å². The van der Waals surface area contributed by atoms with Crippen LogP contribution < -0.4 is 19.6 Å². The molecule has 0 spiro atoms. The summed E-state index contributed by atoms with van der Waals surface area (Å²) in [5.74, 6) is -1.68. The number of rotatable bonds is 7. The van der Waals surface area contributed by atoms with Crippen LogP contribution in [0.1, 0.15) is 17.7 Å². The van der Waals surface area contributed by atoms with Gasteiger partial charge in [-0.15, -0.1) is 0 Å². The van der Waals surface area contributed by atoms with Crippen molar-refractivity contribution >= 4 is 11.0 Å². The van der Waals surface area contributed by atoms with E-state index in [0.29, 0.717) is 30.2 Å². The van der Waals surface area contributed by atoms with Crippen LogP contribution in [0.2, 0.25) is 0 Å². The number of ether oxygens (including phenoxy) is 4. The Labute approximate surface area is 187 Å². The largest absolute Gasteiger partial charge is 0.497 e. The Balaban J connectivity index is 1.81. The topological polar surface area (TPSA) is 70.4 Å². The van der Waals surface area contributed by atoms with Crippen LogP contribution in [0.15, 0.2) is 45.6 Å². The van der Waals surface area contributed by atoms with Crippen molar-refractivity contribution in [2.24, 2.45) is 0 Å². The molecule has 0 saturated carbocycles. The third-order valence-electron chi connectivity index (χ3n) is 5.20. The van der Waals surface area contributed by atoms with Crippen LogP contribution in [0.3, 0.4) is 0 Å². The van der Waals surface area contributed by atoms with Crippen molar-refractivity contribution in [2.75, 3.05) is 34.1 Å². The monoisotopic (exact) mass is 465 g/mol. The average molecular weight is 465 g/mol. The molecule has 4 rings (SSSR count). The van der Waals surface area contributed by atoms with Crippen molar-refractivity contribution < 1.29 is 36.5 Å². The standard InChI is InChI=1S/C23H22F3NO6/c1-29-10-4-9-27-12-17-18(31-13-27)8-7-16-19(28)21(22(23(24,25)26)33-20(16)17)32-15-6-3-5-14(11-15)30-2/h3,5-8,11H,4,9-10,12-13H2,1-2H3. The van der Waals surface area contributed by atoms with Gasteiger partial charge < -0.3 is 23.4 Å². The third-order valence-corrected chi connectivity index (χ3v) is 5.20. The summed E-state index contributed by atoms with van der Waals surface area (Å²) in [5, 5.41) is -0.0259. The summed E-state index contributed by atoms with van der Waals surface area (Å²) in [6, 6.07) is 8.89. The lowest BCUT2D eigenvalue weighted by Gasteiger charge is -2.29. The van der Waals surface area contributed by atoms with E-state index in [2.05, 4.69) is 0 Å². The number of fused-ring (bicyclic) bond motifs is 3. The van der Waals surface area contributed by atoms with Crippen molar-refractivity contribution in [1.82, 2.24) is 4.90 Å². The molecule has 0 atom stereocenters. The average Bonchev–Trinajstić information content (AvgIpc) is 2.80. The molecule has 176 valence electrons. The second kappa shape index (κ2) is 9.32. The summed E-state index contributed by atoms with van der Waals surface area (Å²) >= 11 is 0. The van der Waals surface area contributed by atoms with Crippen LogP contribution in [0.4, 0.5) is 13.2 Å². The molecule has 3 aromatic rings. The summed E-state index contributed by atoms with van der Waals surface area (Å²) < 4.78 is 68.3. The Morgan fingerprint density at radius 1 is 1.12 bits per heavy atom. The lowest BCUT2D eigenvalue weighted by atomic mass is 10.1. The lowest BCUT2D eigenvalue weighted by Crippen LogP contribution is -2.33. The quantitative estimate of drug-likeness (QED) is 0.464. The zero-order valence-corrected chi connectivity index (χ0v) is 18.0. The minimum Gasteiger partial charge on any atom is -0.497 e. The van der Waals surface area contributed by atoms with Crippen LogP contribution in [-0.2, 0) is 17.5 Å². The first-order chi connectivity index (χ1) is 15.8. The normalized spacial score (nSPS) is 14.1. The first-order valence-electron chi connectivity index (χ1n) is 10.2. The molecule has 0 N–H and O–H groups in total. The van der Waals surface area contributed by atoms with Gasteiger partial charge >= 0.3 is 6.18 Å². The van der Waals surface area contributed by atoms with Crippen LogP contribution in [0.25, 0.3) is 11.0 Å². The number of benzene rings is 2. The highest BCUT2D eigenvalue weighted by Gasteiger charge is 2.41. The highest BCUT2D eigenvalue weighted by molar-refractivity contribution is 5.83. The minimum atomic E-state index is -4.96. The SMILES string of the molecule is COCCCN1COc2ccc3c(=O)c(Oc4cccc(OC)c4)c(C(F)(F)F)oc3c2C1. The molecule has 2 heterocycles. The molecule has 2 aromatic carbocycles. The Morgan fingerprint density at radius 2 is 1.91 bits per heavy atom. The zero-order chi connectivity index (χ0) is 23.6. The number of hydrogen-bond donors (Lipinski definition) is 0. The number of methoxy groups -OCH3 is 2. The molecule has 0 amide bonds. The summed E-state index contributed by atoms with van der Waals surface area (Å²) in [6.07, 6.45) is -4.24. The maximum atomic E-state index is 13.9. The fraction of sp³-hybridized carbons (Fsp3) is 0.348. The van der Waals surface area contributed by atoms with Gasteiger partial charge in [0.2, 0.25) is 11.2 Å². The van der Waals surface area contributed by atoms with Crippen LogP contribution in [0, 0.1) is 0 Å². The predicted octanol–water partition coefficient (Wildman–Crippen LogP) is 4.80. The number of halogens is 3. The highest BCUT2D eigenvalue weighted by atomic mass is 19.4. The van der Waals surface area contributed by atoms with Crippen molar-refractivity contribution in [2.45, 2.75) is 19.1 Å². The number of hydrogen-bond acceptors (Lipinski definition) is 7. The van der Waals surface area contributed by atoms with Crippen LogP contribution in [-0.4, -0.2) is 39.0 Å². The molecule has 1 aromatic heterocycles. The van der Waals surface area contributed by atoms with Crippen LogP contribution in [0.5, 0.6) is 23.0 Å². The molecule has 0 saturated heterocycles. The predicted molar refractivity (Wildman–Crippen MR) is 113 cm³/mol. The van der Waals surface area contributed by atoms with E-state index in [1.54, 1.807) is 19.2 Å².